The maximum absolute atomic E-state index is 12.2. The molecule has 1 saturated heterocycles. The van der Waals surface area contributed by atoms with Crippen molar-refractivity contribution in [1.82, 2.24) is 9.80 Å². The summed E-state index contributed by atoms with van der Waals surface area (Å²) in [6.07, 6.45) is 1.20. The Hall–Kier alpha value is -0.610. The van der Waals surface area contributed by atoms with Crippen molar-refractivity contribution < 1.29 is 4.79 Å². The van der Waals surface area contributed by atoms with Crippen LogP contribution in [0.1, 0.15) is 20.3 Å². The number of hydrogen-bond acceptors (Lipinski definition) is 3. The van der Waals surface area contributed by atoms with Crippen molar-refractivity contribution in [2.45, 2.75) is 20.3 Å². The molecule has 0 saturated carbocycles. The van der Waals surface area contributed by atoms with Gasteiger partial charge in [-0.2, -0.15) is 0 Å². The van der Waals surface area contributed by atoms with Gasteiger partial charge in [0, 0.05) is 26.7 Å². The molecule has 0 bridgehead atoms. The van der Waals surface area contributed by atoms with E-state index in [-0.39, 0.29) is 11.8 Å². The molecule has 1 heterocycles. The molecule has 1 amide bonds. The quantitative estimate of drug-likeness (QED) is 0.768. The summed E-state index contributed by atoms with van der Waals surface area (Å²) in [6, 6.07) is 0. The molecule has 0 aromatic rings. The van der Waals surface area contributed by atoms with E-state index >= 15 is 0 Å². The summed E-state index contributed by atoms with van der Waals surface area (Å²) in [6.45, 7) is 7.70. The van der Waals surface area contributed by atoms with E-state index < -0.39 is 0 Å². The molecule has 2 atom stereocenters. The Kier molecular flexibility index (Phi) is 5.40. The predicted molar refractivity (Wildman–Crippen MR) is 70.6 cm³/mol. The lowest BCUT2D eigenvalue weighted by atomic mass is 9.94. The third-order valence-electron chi connectivity index (χ3n) is 3.77. The molecular formula is C13H27N3O. The van der Waals surface area contributed by atoms with Crippen molar-refractivity contribution in [3.05, 3.63) is 0 Å². The Morgan fingerprint density at radius 1 is 1.53 bits per heavy atom. The number of carbonyl (C=O) groups excluding carboxylic acids is 1. The summed E-state index contributed by atoms with van der Waals surface area (Å²) in [4.78, 5) is 16.4. The largest absolute Gasteiger partial charge is 0.345 e. The van der Waals surface area contributed by atoms with E-state index in [2.05, 4.69) is 25.8 Å². The number of nitrogens with two attached hydrogens (primary N) is 1. The zero-order valence-electron chi connectivity index (χ0n) is 11.6. The topological polar surface area (TPSA) is 49.6 Å². The van der Waals surface area contributed by atoms with Crippen molar-refractivity contribution in [2.75, 3.05) is 40.3 Å². The standard InChI is InChI=1S/C13H27N3O/c1-10(2)12(7-14)13(17)16(4)9-11-5-6-15(3)8-11/h10-12H,5-9,14H2,1-4H3. The highest BCUT2D eigenvalue weighted by atomic mass is 16.2. The predicted octanol–water partition coefficient (Wildman–Crippen LogP) is 0.627. The van der Waals surface area contributed by atoms with Crippen LogP contribution in [0.15, 0.2) is 0 Å². The Labute approximate surface area is 105 Å². The van der Waals surface area contributed by atoms with Gasteiger partial charge in [-0.15, -0.1) is 0 Å². The van der Waals surface area contributed by atoms with E-state index in [0.29, 0.717) is 18.4 Å². The Morgan fingerprint density at radius 3 is 2.59 bits per heavy atom. The first-order chi connectivity index (χ1) is 7.95. The second-order valence-electron chi connectivity index (χ2n) is 5.72. The molecule has 1 aliphatic rings. The van der Waals surface area contributed by atoms with Gasteiger partial charge in [0.2, 0.25) is 5.91 Å². The van der Waals surface area contributed by atoms with E-state index in [1.807, 2.05) is 11.9 Å². The molecule has 100 valence electrons. The van der Waals surface area contributed by atoms with Crippen molar-refractivity contribution in [2.24, 2.45) is 23.5 Å². The van der Waals surface area contributed by atoms with Gasteiger partial charge in [-0.05, 0) is 31.8 Å². The fourth-order valence-corrected chi connectivity index (χ4v) is 2.59. The Balaban J connectivity index is 2.46. The maximum atomic E-state index is 12.2. The van der Waals surface area contributed by atoms with Gasteiger partial charge >= 0.3 is 0 Å². The van der Waals surface area contributed by atoms with Gasteiger partial charge in [0.05, 0.1) is 5.92 Å². The Bertz CT molecular complexity index is 255. The summed E-state index contributed by atoms with van der Waals surface area (Å²) in [7, 11) is 4.05. The van der Waals surface area contributed by atoms with Crippen LogP contribution in [0.25, 0.3) is 0 Å². The van der Waals surface area contributed by atoms with Crippen molar-refractivity contribution in [3.63, 3.8) is 0 Å². The minimum absolute atomic E-state index is 0.0286. The third kappa shape index (κ3) is 3.96. The summed E-state index contributed by atoms with van der Waals surface area (Å²) in [5.41, 5.74) is 5.69. The molecule has 4 heteroatoms. The molecule has 2 N–H and O–H groups in total. The van der Waals surface area contributed by atoms with E-state index in [0.717, 1.165) is 19.6 Å². The average Bonchev–Trinajstić information content (AvgIpc) is 2.64. The second kappa shape index (κ2) is 6.36. The van der Waals surface area contributed by atoms with Gasteiger partial charge in [0.25, 0.3) is 0 Å². The van der Waals surface area contributed by atoms with Crippen LogP contribution < -0.4 is 5.73 Å². The van der Waals surface area contributed by atoms with E-state index in [1.165, 1.54) is 6.42 Å². The summed E-state index contributed by atoms with van der Waals surface area (Å²) in [5, 5.41) is 0. The van der Waals surface area contributed by atoms with Gasteiger partial charge in [-0.1, -0.05) is 13.8 Å². The van der Waals surface area contributed by atoms with Crippen molar-refractivity contribution in [3.8, 4) is 0 Å². The maximum Gasteiger partial charge on any atom is 0.226 e. The fraction of sp³-hybridized carbons (Fsp3) is 0.923. The van der Waals surface area contributed by atoms with Crippen LogP contribution >= 0.6 is 0 Å². The van der Waals surface area contributed by atoms with Crippen LogP contribution in [0.2, 0.25) is 0 Å². The molecule has 0 aromatic carbocycles. The number of nitrogens with zero attached hydrogens (tertiary/aromatic N) is 2. The number of amides is 1. The smallest absolute Gasteiger partial charge is 0.226 e. The third-order valence-corrected chi connectivity index (χ3v) is 3.77. The molecule has 1 aliphatic heterocycles. The van der Waals surface area contributed by atoms with Crippen molar-refractivity contribution in [1.29, 1.82) is 0 Å². The second-order valence-corrected chi connectivity index (χ2v) is 5.72. The summed E-state index contributed by atoms with van der Waals surface area (Å²) in [5.74, 6) is 1.12. The molecule has 0 aliphatic carbocycles. The molecular weight excluding hydrogens is 214 g/mol. The number of carbonyl (C=O) groups is 1. The minimum atomic E-state index is -0.0286. The molecule has 4 nitrogen and oxygen atoms in total. The average molecular weight is 241 g/mol. The first-order valence-electron chi connectivity index (χ1n) is 6.59. The highest BCUT2D eigenvalue weighted by Crippen LogP contribution is 2.18. The highest BCUT2D eigenvalue weighted by molar-refractivity contribution is 5.79. The molecule has 0 radical (unpaired) electrons. The highest BCUT2D eigenvalue weighted by Gasteiger charge is 2.27. The van der Waals surface area contributed by atoms with Crippen LogP contribution in [0.5, 0.6) is 0 Å². The molecule has 0 aromatic heterocycles. The molecule has 1 rings (SSSR count). The first-order valence-corrected chi connectivity index (χ1v) is 6.59. The van der Waals surface area contributed by atoms with E-state index in [1.54, 1.807) is 0 Å². The Morgan fingerprint density at radius 2 is 2.18 bits per heavy atom. The number of hydrogen-bond donors (Lipinski definition) is 1. The molecule has 2 unspecified atom stereocenters. The zero-order valence-corrected chi connectivity index (χ0v) is 11.6. The summed E-state index contributed by atoms with van der Waals surface area (Å²) < 4.78 is 0. The molecule has 0 spiro atoms. The minimum Gasteiger partial charge on any atom is -0.345 e. The van der Waals surface area contributed by atoms with Crippen LogP contribution in [0.4, 0.5) is 0 Å². The lowest BCUT2D eigenvalue weighted by Crippen LogP contribution is -2.41. The van der Waals surface area contributed by atoms with Gasteiger partial charge in [0.1, 0.15) is 0 Å². The fourth-order valence-electron chi connectivity index (χ4n) is 2.59. The van der Waals surface area contributed by atoms with E-state index in [9.17, 15) is 4.79 Å². The van der Waals surface area contributed by atoms with Crippen LogP contribution in [0, 0.1) is 17.8 Å². The molecule has 17 heavy (non-hydrogen) atoms. The number of likely N-dealkylation sites (tertiary alicyclic amines) is 1. The normalized spacial score (nSPS) is 23.1. The van der Waals surface area contributed by atoms with Crippen molar-refractivity contribution >= 4 is 5.91 Å². The van der Waals surface area contributed by atoms with Gasteiger partial charge in [-0.25, -0.2) is 0 Å². The van der Waals surface area contributed by atoms with Crippen LogP contribution in [-0.2, 0) is 4.79 Å². The lowest BCUT2D eigenvalue weighted by molar-refractivity contribution is -0.135. The monoisotopic (exact) mass is 241 g/mol. The summed E-state index contributed by atoms with van der Waals surface area (Å²) >= 11 is 0. The first kappa shape index (κ1) is 14.5. The SMILES string of the molecule is CC(C)C(CN)C(=O)N(C)CC1CCN(C)C1. The van der Waals surface area contributed by atoms with Crippen LogP contribution in [0.3, 0.4) is 0 Å². The van der Waals surface area contributed by atoms with Crippen LogP contribution in [-0.4, -0.2) is 56.0 Å². The number of rotatable bonds is 5. The van der Waals surface area contributed by atoms with Gasteiger partial charge in [-0.3, -0.25) is 4.79 Å². The van der Waals surface area contributed by atoms with Gasteiger partial charge < -0.3 is 15.5 Å². The zero-order chi connectivity index (χ0) is 13.0. The molecule has 1 fully saturated rings. The lowest BCUT2D eigenvalue weighted by Gasteiger charge is -2.27. The van der Waals surface area contributed by atoms with E-state index in [4.69, 9.17) is 5.73 Å². The van der Waals surface area contributed by atoms with Gasteiger partial charge in [0.15, 0.2) is 0 Å².